The average molecular weight is 287 g/mol. The predicted octanol–water partition coefficient (Wildman–Crippen LogP) is 1.14. The van der Waals surface area contributed by atoms with Crippen molar-refractivity contribution in [2.24, 2.45) is 0 Å². The Morgan fingerprint density at radius 1 is 1.38 bits per heavy atom. The number of amides is 1. The van der Waals surface area contributed by atoms with Gasteiger partial charge in [0.05, 0.1) is 5.69 Å². The van der Waals surface area contributed by atoms with E-state index in [0.29, 0.717) is 17.9 Å². The number of nitrogen functional groups attached to an aromatic ring is 1. The van der Waals surface area contributed by atoms with Crippen molar-refractivity contribution in [3.8, 4) is 5.69 Å². The van der Waals surface area contributed by atoms with Crippen LogP contribution in [0.1, 0.15) is 16.9 Å². The highest BCUT2D eigenvalue weighted by Gasteiger charge is 2.09. The van der Waals surface area contributed by atoms with Crippen LogP contribution in [0.25, 0.3) is 5.69 Å². The molecule has 0 aliphatic rings. The molecule has 0 radical (unpaired) electrons. The first-order valence-electron chi connectivity index (χ1n) is 6.91. The lowest BCUT2D eigenvalue weighted by molar-refractivity contribution is 0.0947. The highest BCUT2D eigenvalue weighted by Crippen LogP contribution is 2.11. The molecular formula is C15H21N5O. The van der Waals surface area contributed by atoms with Gasteiger partial charge in [-0.15, -0.1) is 0 Å². The van der Waals surface area contributed by atoms with Gasteiger partial charge in [-0.1, -0.05) is 6.07 Å². The van der Waals surface area contributed by atoms with E-state index in [1.807, 2.05) is 38.4 Å². The summed E-state index contributed by atoms with van der Waals surface area (Å²) in [6.07, 6.45) is 2.66. The third-order valence-electron chi connectivity index (χ3n) is 3.02. The van der Waals surface area contributed by atoms with Crippen molar-refractivity contribution in [3.63, 3.8) is 0 Å². The van der Waals surface area contributed by atoms with Crippen molar-refractivity contribution in [3.05, 3.63) is 42.2 Å². The van der Waals surface area contributed by atoms with Gasteiger partial charge in [-0.2, -0.15) is 5.10 Å². The molecule has 112 valence electrons. The summed E-state index contributed by atoms with van der Waals surface area (Å²) in [6, 6.07) is 9.07. The maximum absolute atomic E-state index is 12.0. The molecule has 0 atom stereocenters. The Morgan fingerprint density at radius 2 is 2.19 bits per heavy atom. The van der Waals surface area contributed by atoms with Crippen LogP contribution in [0.2, 0.25) is 0 Å². The molecule has 1 aromatic carbocycles. The Balaban J connectivity index is 1.95. The van der Waals surface area contributed by atoms with E-state index in [1.54, 1.807) is 16.9 Å². The van der Waals surface area contributed by atoms with Crippen LogP contribution >= 0.6 is 0 Å². The number of anilines is 1. The second-order valence-electron chi connectivity index (χ2n) is 5.15. The number of hydrogen-bond acceptors (Lipinski definition) is 4. The van der Waals surface area contributed by atoms with Gasteiger partial charge in [0.15, 0.2) is 5.69 Å². The minimum atomic E-state index is -0.156. The van der Waals surface area contributed by atoms with Crippen LogP contribution in [0, 0.1) is 0 Å². The van der Waals surface area contributed by atoms with Crippen LogP contribution < -0.4 is 11.1 Å². The lowest BCUT2D eigenvalue weighted by Gasteiger charge is -2.09. The molecule has 0 spiro atoms. The summed E-state index contributed by atoms with van der Waals surface area (Å²) in [4.78, 5) is 14.1. The Bertz CT molecular complexity index is 606. The predicted molar refractivity (Wildman–Crippen MR) is 83.5 cm³/mol. The van der Waals surface area contributed by atoms with Crippen molar-refractivity contribution < 1.29 is 4.79 Å². The SMILES string of the molecule is CN(C)CCCNC(=O)c1ccn(-c2cccc(N)c2)n1. The zero-order valence-corrected chi connectivity index (χ0v) is 12.4. The molecule has 0 bridgehead atoms. The van der Waals surface area contributed by atoms with Crippen molar-refractivity contribution >= 4 is 11.6 Å². The van der Waals surface area contributed by atoms with E-state index in [1.165, 1.54) is 0 Å². The Kier molecular flexibility index (Phi) is 4.94. The number of rotatable bonds is 6. The summed E-state index contributed by atoms with van der Waals surface area (Å²) >= 11 is 0. The number of hydrogen-bond donors (Lipinski definition) is 2. The molecule has 2 rings (SSSR count). The van der Waals surface area contributed by atoms with Crippen LogP contribution in [0.5, 0.6) is 0 Å². The van der Waals surface area contributed by atoms with E-state index in [-0.39, 0.29) is 5.91 Å². The Labute approximate surface area is 124 Å². The molecule has 0 unspecified atom stereocenters. The average Bonchev–Trinajstić information content (AvgIpc) is 2.93. The zero-order valence-electron chi connectivity index (χ0n) is 12.4. The number of nitrogens with two attached hydrogens (primary N) is 1. The first-order chi connectivity index (χ1) is 10.1. The molecule has 0 saturated heterocycles. The van der Waals surface area contributed by atoms with Crippen LogP contribution in [-0.4, -0.2) is 47.8 Å². The highest BCUT2D eigenvalue weighted by atomic mass is 16.1. The van der Waals surface area contributed by atoms with Crippen molar-refractivity contribution in [1.29, 1.82) is 0 Å². The van der Waals surface area contributed by atoms with Gasteiger partial charge < -0.3 is 16.0 Å². The molecule has 6 heteroatoms. The van der Waals surface area contributed by atoms with E-state index >= 15 is 0 Å². The fourth-order valence-electron chi connectivity index (χ4n) is 1.94. The van der Waals surface area contributed by atoms with Crippen LogP contribution in [0.3, 0.4) is 0 Å². The lowest BCUT2D eigenvalue weighted by atomic mass is 10.3. The standard InChI is InChI=1S/C15H21N5O/c1-19(2)9-4-8-17-15(21)14-7-10-20(18-14)13-6-3-5-12(16)11-13/h3,5-7,10-11H,4,8-9,16H2,1-2H3,(H,17,21). The second kappa shape index (κ2) is 6.90. The van der Waals surface area contributed by atoms with Crippen LogP contribution in [0.4, 0.5) is 5.69 Å². The van der Waals surface area contributed by atoms with Gasteiger partial charge in [0, 0.05) is 18.4 Å². The summed E-state index contributed by atoms with van der Waals surface area (Å²) in [6.45, 7) is 1.58. The first-order valence-corrected chi connectivity index (χ1v) is 6.91. The Morgan fingerprint density at radius 3 is 2.90 bits per heavy atom. The number of carbonyl (C=O) groups is 1. The van der Waals surface area contributed by atoms with Gasteiger partial charge in [0.1, 0.15) is 0 Å². The zero-order chi connectivity index (χ0) is 15.2. The molecule has 1 aromatic heterocycles. The minimum absolute atomic E-state index is 0.156. The summed E-state index contributed by atoms with van der Waals surface area (Å²) in [7, 11) is 4.02. The smallest absolute Gasteiger partial charge is 0.271 e. The highest BCUT2D eigenvalue weighted by molar-refractivity contribution is 5.92. The molecule has 3 N–H and O–H groups in total. The summed E-state index contributed by atoms with van der Waals surface area (Å²) in [5, 5.41) is 7.14. The van der Waals surface area contributed by atoms with Gasteiger partial charge >= 0.3 is 0 Å². The molecule has 1 amide bonds. The molecule has 0 fully saturated rings. The van der Waals surface area contributed by atoms with Gasteiger partial charge in [-0.3, -0.25) is 4.79 Å². The van der Waals surface area contributed by atoms with Gasteiger partial charge in [-0.05, 0) is 51.3 Å². The fraction of sp³-hybridized carbons (Fsp3) is 0.333. The van der Waals surface area contributed by atoms with Crippen LogP contribution in [0.15, 0.2) is 36.5 Å². The molecule has 0 saturated carbocycles. The van der Waals surface area contributed by atoms with Crippen molar-refractivity contribution in [2.45, 2.75) is 6.42 Å². The third-order valence-corrected chi connectivity index (χ3v) is 3.02. The lowest BCUT2D eigenvalue weighted by Crippen LogP contribution is -2.27. The third kappa shape index (κ3) is 4.32. The number of benzene rings is 1. The van der Waals surface area contributed by atoms with E-state index in [0.717, 1.165) is 18.7 Å². The maximum atomic E-state index is 12.0. The molecule has 0 aliphatic carbocycles. The molecular weight excluding hydrogens is 266 g/mol. The van der Waals surface area contributed by atoms with Crippen molar-refractivity contribution in [1.82, 2.24) is 20.0 Å². The van der Waals surface area contributed by atoms with Gasteiger partial charge in [0.2, 0.25) is 0 Å². The minimum Gasteiger partial charge on any atom is -0.399 e. The second-order valence-corrected chi connectivity index (χ2v) is 5.15. The monoisotopic (exact) mass is 287 g/mol. The molecule has 1 heterocycles. The van der Waals surface area contributed by atoms with E-state index < -0.39 is 0 Å². The molecule has 2 aromatic rings. The molecule has 0 aliphatic heterocycles. The summed E-state index contributed by atoms with van der Waals surface area (Å²) in [5.74, 6) is -0.156. The van der Waals surface area contributed by atoms with E-state index in [4.69, 9.17) is 5.73 Å². The topological polar surface area (TPSA) is 76.2 Å². The van der Waals surface area contributed by atoms with Gasteiger partial charge in [-0.25, -0.2) is 4.68 Å². The van der Waals surface area contributed by atoms with E-state index in [2.05, 4.69) is 15.3 Å². The Hall–Kier alpha value is -2.34. The number of nitrogens with one attached hydrogen (secondary N) is 1. The largest absolute Gasteiger partial charge is 0.399 e. The fourth-order valence-corrected chi connectivity index (χ4v) is 1.94. The number of aromatic nitrogens is 2. The quantitative estimate of drug-likeness (QED) is 0.617. The summed E-state index contributed by atoms with van der Waals surface area (Å²) in [5.41, 5.74) is 7.65. The van der Waals surface area contributed by atoms with Crippen molar-refractivity contribution in [2.75, 3.05) is 32.9 Å². The normalized spacial score (nSPS) is 10.8. The van der Waals surface area contributed by atoms with Gasteiger partial charge in [0.25, 0.3) is 5.91 Å². The molecule has 6 nitrogen and oxygen atoms in total. The maximum Gasteiger partial charge on any atom is 0.271 e. The molecule has 21 heavy (non-hydrogen) atoms. The van der Waals surface area contributed by atoms with E-state index in [9.17, 15) is 4.79 Å². The van der Waals surface area contributed by atoms with Crippen LogP contribution in [-0.2, 0) is 0 Å². The number of carbonyl (C=O) groups excluding carboxylic acids is 1. The first kappa shape index (κ1) is 15.1. The summed E-state index contributed by atoms with van der Waals surface area (Å²) < 4.78 is 1.64. The number of nitrogens with zero attached hydrogens (tertiary/aromatic N) is 3.